The fourth-order valence-corrected chi connectivity index (χ4v) is 0. The molecule has 0 unspecified atom stereocenters. The summed E-state index contributed by atoms with van der Waals surface area (Å²) in [6, 6.07) is 0. The monoisotopic (exact) mass is 165 g/mol. The number of carbonyl (C=O) groups excluding carboxylic acids is 3. The summed E-state index contributed by atoms with van der Waals surface area (Å²) < 4.78 is 0. The number of nitrogens with one attached hydrogen (secondary N) is 3. The quantitative estimate of drug-likeness (QED) is 0.349. The van der Waals surface area contributed by atoms with Gasteiger partial charge in [-0.3, -0.25) is 0 Å². The van der Waals surface area contributed by atoms with Crippen molar-refractivity contribution in [3.05, 3.63) is 0 Å². The zero-order valence-corrected chi connectivity index (χ0v) is 5.45. The molecule has 0 bridgehead atoms. The molecule has 0 spiro atoms. The Morgan fingerprint density at radius 2 is 0.700 bits per heavy atom. The van der Waals surface area contributed by atoms with Crippen molar-refractivity contribution in [2.75, 3.05) is 0 Å². The zero-order chi connectivity index (χ0) is 8.12. The molecule has 0 rings (SSSR count). The Hall–Kier alpha value is -1.57. The predicted molar refractivity (Wildman–Crippen MR) is 32.5 cm³/mol. The smallest absolute Gasteiger partial charge is 0.222 e. The third-order valence-corrected chi connectivity index (χ3v) is 0. The molecule has 10 heavy (non-hydrogen) atoms. The normalized spacial score (nSPS) is 2.40. The van der Waals surface area contributed by atoms with Crippen molar-refractivity contribution in [3.8, 4) is 0 Å². The highest BCUT2D eigenvalue weighted by Crippen LogP contribution is 0.874. The van der Waals surface area contributed by atoms with E-state index >= 15 is 0 Å². The number of rotatable bonds is 0. The molecule has 0 fully saturated rings. The van der Waals surface area contributed by atoms with Crippen LogP contribution in [0.25, 0.3) is 0 Å². The van der Waals surface area contributed by atoms with Crippen LogP contribution in [0.15, 0.2) is 0 Å². The summed E-state index contributed by atoms with van der Waals surface area (Å²) in [5, 5.41) is 16.2. The van der Waals surface area contributed by atoms with E-state index in [0.29, 0.717) is 0 Å². The van der Waals surface area contributed by atoms with Gasteiger partial charge in [0.05, 0.1) is 0 Å². The molecule has 0 atom stereocenters. The van der Waals surface area contributed by atoms with E-state index in [4.69, 9.17) is 30.6 Å². The predicted octanol–water partition coefficient (Wildman–Crippen LogP) is 0.125. The van der Waals surface area contributed by atoms with Gasteiger partial charge in [-0.15, -0.1) is 12.4 Å². The van der Waals surface area contributed by atoms with E-state index in [-0.39, 0.29) is 12.4 Å². The first-order chi connectivity index (χ1) is 4.24. The van der Waals surface area contributed by atoms with Crippen molar-refractivity contribution < 1.29 is 14.4 Å². The van der Waals surface area contributed by atoms with E-state index < -0.39 is 0 Å². The second-order valence-corrected chi connectivity index (χ2v) is 0.306. The third kappa shape index (κ3) is 76.9. The summed E-state index contributed by atoms with van der Waals surface area (Å²) in [7, 11) is 0. The van der Waals surface area contributed by atoms with Crippen LogP contribution in [0, 0.1) is 16.2 Å². The minimum atomic E-state index is 0. The molecule has 0 aromatic heterocycles. The van der Waals surface area contributed by atoms with Crippen LogP contribution < -0.4 is 0 Å². The van der Waals surface area contributed by atoms with Gasteiger partial charge in [0.2, 0.25) is 18.2 Å². The van der Waals surface area contributed by atoms with Crippen LogP contribution in [0.1, 0.15) is 0 Å². The highest BCUT2D eigenvalue weighted by atomic mass is 35.5. The van der Waals surface area contributed by atoms with Crippen LogP contribution in [0.3, 0.4) is 0 Å². The molecule has 0 aliphatic heterocycles. The van der Waals surface area contributed by atoms with E-state index in [1.54, 1.807) is 0 Å². The van der Waals surface area contributed by atoms with Crippen molar-refractivity contribution in [1.29, 1.82) is 16.2 Å². The average molecular weight is 166 g/mol. The molecule has 0 aliphatic carbocycles. The maximum atomic E-state index is 8.35. The van der Waals surface area contributed by atoms with Gasteiger partial charge in [0.25, 0.3) is 0 Å². The molecule has 0 aromatic carbocycles. The van der Waals surface area contributed by atoms with Crippen molar-refractivity contribution in [3.63, 3.8) is 0 Å². The molecular formula is C3H4ClN3O3. The van der Waals surface area contributed by atoms with Crippen LogP contribution in [0.4, 0.5) is 0 Å². The minimum absolute atomic E-state index is 0. The minimum Gasteiger partial charge on any atom is -0.222 e. The lowest BCUT2D eigenvalue weighted by molar-refractivity contribution is 0.562. The Bertz CT molecular complexity index is 111. The second-order valence-electron chi connectivity index (χ2n) is 0.306. The molecule has 7 heteroatoms. The van der Waals surface area contributed by atoms with Crippen molar-refractivity contribution >= 4 is 30.6 Å². The Kier molecular flexibility index (Phi) is 356. The van der Waals surface area contributed by atoms with E-state index in [1.807, 2.05) is 0 Å². The highest BCUT2D eigenvalue weighted by Gasteiger charge is 1.04. The van der Waals surface area contributed by atoms with Gasteiger partial charge in [-0.1, -0.05) is 0 Å². The topological polar surface area (TPSA) is 123 Å². The number of hydrogen-bond donors (Lipinski definition) is 3. The molecule has 3 N–H and O–H groups in total. The first-order valence-corrected chi connectivity index (χ1v) is 1.36. The molecule has 6 nitrogen and oxygen atoms in total. The van der Waals surface area contributed by atoms with Crippen molar-refractivity contribution in [1.82, 2.24) is 0 Å². The van der Waals surface area contributed by atoms with Crippen LogP contribution in [-0.4, -0.2) is 18.2 Å². The molecule has 0 amide bonds. The number of isocyanates is 3. The van der Waals surface area contributed by atoms with E-state index in [2.05, 4.69) is 0 Å². The maximum Gasteiger partial charge on any atom is 0.231 e. The number of halogens is 1. The molecular weight excluding hydrogens is 162 g/mol. The van der Waals surface area contributed by atoms with Gasteiger partial charge in [0.1, 0.15) is 0 Å². The van der Waals surface area contributed by atoms with Gasteiger partial charge < -0.3 is 0 Å². The molecule has 0 saturated heterocycles. The Balaban J connectivity index is -0.0000000257. The van der Waals surface area contributed by atoms with Gasteiger partial charge in [-0.2, -0.15) is 0 Å². The molecule has 0 saturated carbocycles. The Labute approximate surface area is 62.2 Å². The first-order valence-electron chi connectivity index (χ1n) is 1.36. The van der Waals surface area contributed by atoms with Crippen molar-refractivity contribution in [2.24, 2.45) is 0 Å². The second kappa shape index (κ2) is 150. The van der Waals surface area contributed by atoms with Crippen molar-refractivity contribution in [2.45, 2.75) is 0 Å². The van der Waals surface area contributed by atoms with Gasteiger partial charge in [0.15, 0.2) is 0 Å². The zero-order valence-electron chi connectivity index (χ0n) is 4.63. The fourth-order valence-electron chi connectivity index (χ4n) is 0. The van der Waals surface area contributed by atoms with E-state index in [0.717, 1.165) is 18.2 Å². The standard InChI is InChI=1S/3CHNO.ClH/c3*2-1-3;/h3*2H;1H. The van der Waals surface area contributed by atoms with E-state index in [9.17, 15) is 0 Å². The van der Waals surface area contributed by atoms with Gasteiger partial charge in [0, 0.05) is 0 Å². The lowest BCUT2D eigenvalue weighted by atomic mass is 11.7. The third-order valence-electron chi connectivity index (χ3n) is 0. The largest absolute Gasteiger partial charge is 0.231 e. The summed E-state index contributed by atoms with van der Waals surface area (Å²) in [6.07, 6.45) is 2.25. The summed E-state index contributed by atoms with van der Waals surface area (Å²) in [4.78, 5) is 25.0. The lowest BCUT2D eigenvalue weighted by Gasteiger charge is -1.02. The maximum absolute atomic E-state index is 8.35. The fraction of sp³-hybridized carbons (Fsp3) is 0. The van der Waals surface area contributed by atoms with Crippen LogP contribution in [0.5, 0.6) is 0 Å². The molecule has 0 aliphatic rings. The van der Waals surface area contributed by atoms with E-state index in [1.165, 1.54) is 0 Å². The lowest BCUT2D eigenvalue weighted by Crippen LogP contribution is -1.16. The van der Waals surface area contributed by atoms with Crippen LogP contribution in [-0.2, 0) is 14.4 Å². The first kappa shape index (κ1) is 23.7. The molecule has 0 aromatic rings. The molecule has 0 heterocycles. The molecule has 0 radical (unpaired) electrons. The van der Waals surface area contributed by atoms with Crippen LogP contribution in [0.2, 0.25) is 0 Å². The number of hydrogen-bond acceptors (Lipinski definition) is 6. The van der Waals surface area contributed by atoms with Crippen LogP contribution >= 0.6 is 12.4 Å². The SMILES string of the molecule is Cl.N=C=O.N=C=O.N=C=O. The highest BCUT2D eigenvalue weighted by molar-refractivity contribution is 5.85. The summed E-state index contributed by atoms with van der Waals surface area (Å²) in [6.45, 7) is 0. The van der Waals surface area contributed by atoms with Gasteiger partial charge in [-0.25, -0.2) is 30.6 Å². The summed E-state index contributed by atoms with van der Waals surface area (Å²) >= 11 is 0. The molecule has 56 valence electrons. The van der Waals surface area contributed by atoms with Gasteiger partial charge >= 0.3 is 0 Å². The summed E-state index contributed by atoms with van der Waals surface area (Å²) in [5.41, 5.74) is 0. The average Bonchev–Trinajstić information content (AvgIpc) is 1.70. The Morgan fingerprint density at radius 3 is 0.700 bits per heavy atom. The Morgan fingerprint density at radius 1 is 0.700 bits per heavy atom. The summed E-state index contributed by atoms with van der Waals surface area (Å²) in [5.74, 6) is 0. The van der Waals surface area contributed by atoms with Gasteiger partial charge in [-0.05, 0) is 0 Å².